The topological polar surface area (TPSA) is 88.1 Å². The van der Waals surface area contributed by atoms with Crippen LogP contribution in [0.2, 0.25) is 0 Å². The molecule has 8 heteroatoms. The lowest BCUT2D eigenvalue weighted by atomic mass is 10.1. The molecule has 0 radical (unpaired) electrons. The highest BCUT2D eigenvalue weighted by Crippen LogP contribution is 2.38. The monoisotopic (exact) mass is 497 g/mol. The van der Waals surface area contributed by atoms with E-state index in [0.29, 0.717) is 10.7 Å². The zero-order valence-electron chi connectivity index (χ0n) is 20.4. The standard InChI is InChI=1S/C28H27N5O2S/c1-3-20-21(4-2)30-23-14-19(7-9-22(23)29-20)26(34)32-28-31-24(15-36-28)17-8-10-25-18(13-17)11-12-33(25)27(35)16-5-6-16/h7-10,13-16H,3-6,11-12H2,1-2H3,(H,31,32,34). The first kappa shape index (κ1) is 22.8. The number of benzene rings is 2. The highest BCUT2D eigenvalue weighted by Gasteiger charge is 2.36. The van der Waals surface area contributed by atoms with E-state index in [1.165, 1.54) is 16.9 Å². The number of carbonyl (C=O) groups excluding carboxylic acids is 2. The van der Waals surface area contributed by atoms with Gasteiger partial charge in [0.05, 0.1) is 28.1 Å². The minimum absolute atomic E-state index is 0.220. The number of anilines is 2. The highest BCUT2D eigenvalue weighted by molar-refractivity contribution is 7.14. The number of rotatable bonds is 6. The number of nitrogens with one attached hydrogen (secondary N) is 1. The van der Waals surface area contributed by atoms with Crippen LogP contribution < -0.4 is 10.2 Å². The molecular formula is C28H27N5O2S. The zero-order chi connectivity index (χ0) is 24.8. The minimum atomic E-state index is -0.222. The fraction of sp³-hybridized carbons (Fsp3) is 0.321. The summed E-state index contributed by atoms with van der Waals surface area (Å²) < 4.78 is 0. The Kier molecular flexibility index (Phi) is 5.76. The second-order valence-corrected chi connectivity index (χ2v) is 10.2. The second kappa shape index (κ2) is 9.09. The highest BCUT2D eigenvalue weighted by atomic mass is 32.1. The third-order valence-electron chi connectivity index (χ3n) is 6.94. The van der Waals surface area contributed by atoms with Gasteiger partial charge in [-0.3, -0.25) is 14.9 Å². The van der Waals surface area contributed by atoms with E-state index >= 15 is 0 Å². The number of hydrogen-bond donors (Lipinski definition) is 1. The van der Waals surface area contributed by atoms with E-state index in [1.54, 1.807) is 12.1 Å². The summed E-state index contributed by atoms with van der Waals surface area (Å²) >= 11 is 1.40. The predicted octanol–water partition coefficient (Wildman–Crippen LogP) is 5.43. The molecule has 1 saturated carbocycles. The Balaban J connectivity index is 1.19. The van der Waals surface area contributed by atoms with Crippen molar-refractivity contribution in [3.63, 3.8) is 0 Å². The average molecular weight is 498 g/mol. The van der Waals surface area contributed by atoms with Gasteiger partial charge in [-0.15, -0.1) is 11.3 Å². The molecule has 0 unspecified atom stereocenters. The third kappa shape index (κ3) is 4.15. The fourth-order valence-electron chi connectivity index (χ4n) is 4.81. The summed E-state index contributed by atoms with van der Waals surface area (Å²) in [5.74, 6) is 0.259. The number of amides is 2. The van der Waals surface area contributed by atoms with E-state index in [4.69, 9.17) is 9.97 Å². The van der Waals surface area contributed by atoms with Crippen LogP contribution in [0.5, 0.6) is 0 Å². The molecule has 2 aromatic carbocycles. The predicted molar refractivity (Wildman–Crippen MR) is 143 cm³/mol. The Morgan fingerprint density at radius 3 is 2.53 bits per heavy atom. The van der Waals surface area contributed by atoms with E-state index < -0.39 is 0 Å². The molecule has 2 aromatic heterocycles. The van der Waals surface area contributed by atoms with Crippen molar-refractivity contribution < 1.29 is 9.59 Å². The van der Waals surface area contributed by atoms with Gasteiger partial charge in [-0.05, 0) is 68.0 Å². The molecule has 0 saturated heterocycles. The molecule has 2 amide bonds. The van der Waals surface area contributed by atoms with Gasteiger partial charge >= 0.3 is 0 Å². The quantitative estimate of drug-likeness (QED) is 0.384. The molecule has 0 spiro atoms. The normalized spacial score (nSPS) is 14.8. The summed E-state index contributed by atoms with van der Waals surface area (Å²) in [4.78, 5) is 41.5. The summed E-state index contributed by atoms with van der Waals surface area (Å²) in [5.41, 5.74) is 8.03. The maximum absolute atomic E-state index is 13.0. The molecule has 0 atom stereocenters. The number of hydrogen-bond acceptors (Lipinski definition) is 6. The lowest BCUT2D eigenvalue weighted by molar-refractivity contribution is -0.119. The second-order valence-electron chi connectivity index (χ2n) is 9.38. The van der Waals surface area contributed by atoms with Crippen molar-refractivity contribution in [2.75, 3.05) is 16.8 Å². The van der Waals surface area contributed by atoms with Crippen LogP contribution in [0, 0.1) is 5.92 Å². The number of thiazole rings is 1. The van der Waals surface area contributed by atoms with Crippen LogP contribution in [0.1, 0.15) is 54.0 Å². The van der Waals surface area contributed by atoms with E-state index in [9.17, 15) is 9.59 Å². The van der Waals surface area contributed by atoms with Crippen LogP contribution in [-0.2, 0) is 24.1 Å². The number of nitrogens with zero attached hydrogens (tertiary/aromatic N) is 4. The summed E-state index contributed by atoms with van der Waals surface area (Å²) in [5, 5.41) is 5.42. The van der Waals surface area contributed by atoms with Crippen LogP contribution in [0.15, 0.2) is 41.8 Å². The Labute approximate surface area is 213 Å². The average Bonchev–Trinajstić information content (AvgIpc) is 3.51. The van der Waals surface area contributed by atoms with Gasteiger partial charge in [0.15, 0.2) is 5.13 Å². The summed E-state index contributed by atoms with van der Waals surface area (Å²) in [6, 6.07) is 11.6. The van der Waals surface area contributed by atoms with Crippen molar-refractivity contribution >= 4 is 45.0 Å². The van der Waals surface area contributed by atoms with Gasteiger partial charge in [0, 0.05) is 34.7 Å². The maximum Gasteiger partial charge on any atom is 0.257 e. The van der Waals surface area contributed by atoms with Crippen LogP contribution >= 0.6 is 11.3 Å². The lowest BCUT2D eigenvalue weighted by Crippen LogP contribution is -2.30. The molecule has 1 fully saturated rings. The molecule has 36 heavy (non-hydrogen) atoms. The van der Waals surface area contributed by atoms with E-state index in [2.05, 4.69) is 30.2 Å². The summed E-state index contributed by atoms with van der Waals surface area (Å²) in [6.45, 7) is 4.89. The first-order valence-electron chi connectivity index (χ1n) is 12.5. The van der Waals surface area contributed by atoms with Gasteiger partial charge in [0.1, 0.15) is 0 Å². The SMILES string of the molecule is CCc1nc2ccc(C(=O)Nc3nc(-c4ccc5c(c4)CCN5C(=O)C4CC4)cs3)cc2nc1CC. The fourth-order valence-corrected chi connectivity index (χ4v) is 5.52. The van der Waals surface area contributed by atoms with Crippen LogP contribution in [-0.4, -0.2) is 33.3 Å². The number of aromatic nitrogens is 3. The number of aryl methyl sites for hydroxylation is 2. The smallest absolute Gasteiger partial charge is 0.257 e. The Hall–Kier alpha value is -3.65. The third-order valence-corrected chi connectivity index (χ3v) is 7.70. The van der Waals surface area contributed by atoms with Crippen molar-refractivity contribution in [1.82, 2.24) is 15.0 Å². The molecule has 1 aliphatic heterocycles. The lowest BCUT2D eigenvalue weighted by Gasteiger charge is -2.17. The molecule has 0 bridgehead atoms. The zero-order valence-corrected chi connectivity index (χ0v) is 21.2. The van der Waals surface area contributed by atoms with Gasteiger partial charge < -0.3 is 4.90 Å². The van der Waals surface area contributed by atoms with Crippen molar-refractivity contribution in [3.8, 4) is 11.3 Å². The molecule has 7 nitrogen and oxygen atoms in total. The number of carbonyl (C=O) groups is 2. The van der Waals surface area contributed by atoms with E-state index in [1.807, 2.05) is 28.5 Å². The van der Waals surface area contributed by atoms with Gasteiger partial charge in [0.25, 0.3) is 5.91 Å². The Morgan fingerprint density at radius 1 is 1.00 bits per heavy atom. The van der Waals surface area contributed by atoms with Crippen LogP contribution in [0.4, 0.5) is 10.8 Å². The molecule has 2 aliphatic rings. The van der Waals surface area contributed by atoms with Crippen molar-refractivity contribution in [2.24, 2.45) is 5.92 Å². The molecule has 3 heterocycles. The summed E-state index contributed by atoms with van der Waals surface area (Å²) in [7, 11) is 0. The van der Waals surface area contributed by atoms with Gasteiger partial charge in [-0.1, -0.05) is 19.9 Å². The maximum atomic E-state index is 13.0. The molecular weight excluding hydrogens is 470 g/mol. The first-order chi connectivity index (χ1) is 17.5. The van der Waals surface area contributed by atoms with Crippen LogP contribution in [0.25, 0.3) is 22.3 Å². The minimum Gasteiger partial charge on any atom is -0.312 e. The first-order valence-corrected chi connectivity index (χ1v) is 13.4. The number of fused-ring (bicyclic) bond motifs is 2. The molecule has 1 aliphatic carbocycles. The van der Waals surface area contributed by atoms with Crippen molar-refractivity contribution in [2.45, 2.75) is 46.0 Å². The largest absolute Gasteiger partial charge is 0.312 e. The van der Waals surface area contributed by atoms with Gasteiger partial charge in [-0.2, -0.15) is 0 Å². The van der Waals surface area contributed by atoms with E-state index in [-0.39, 0.29) is 17.7 Å². The van der Waals surface area contributed by atoms with Crippen LogP contribution in [0.3, 0.4) is 0 Å². The molecule has 1 N–H and O–H groups in total. The van der Waals surface area contributed by atoms with Gasteiger partial charge in [0.2, 0.25) is 5.91 Å². The van der Waals surface area contributed by atoms with Crippen molar-refractivity contribution in [1.29, 1.82) is 0 Å². The van der Waals surface area contributed by atoms with Gasteiger partial charge in [-0.25, -0.2) is 15.0 Å². The molecule has 6 rings (SSSR count). The van der Waals surface area contributed by atoms with Crippen molar-refractivity contribution in [3.05, 3.63) is 64.3 Å². The Morgan fingerprint density at radius 2 is 1.78 bits per heavy atom. The molecule has 4 aromatic rings. The summed E-state index contributed by atoms with van der Waals surface area (Å²) in [6.07, 6.45) is 4.54. The Bertz CT molecular complexity index is 1510. The molecule has 182 valence electrons. The van der Waals surface area contributed by atoms with E-state index in [0.717, 1.165) is 78.0 Å².